The number of ether oxygens (including phenoxy) is 1. The monoisotopic (exact) mass is 180 g/mol. The fraction of sp³-hybridized carbons (Fsp3) is 0.455. The van der Waals surface area contributed by atoms with Gasteiger partial charge in [-0.25, -0.2) is 0 Å². The second-order valence-corrected chi connectivity index (χ2v) is 3.48. The lowest BCUT2D eigenvalue weighted by atomic mass is 10.1. The highest BCUT2D eigenvalue weighted by Crippen LogP contribution is 2.16. The minimum Gasteiger partial charge on any atom is -0.491 e. The summed E-state index contributed by atoms with van der Waals surface area (Å²) in [6, 6.07) is 6.03. The van der Waals surface area contributed by atoms with Gasteiger partial charge in [-0.15, -0.1) is 0 Å². The molecule has 0 aliphatic heterocycles. The van der Waals surface area contributed by atoms with Crippen molar-refractivity contribution in [1.29, 1.82) is 0 Å². The molecule has 0 aromatic heterocycles. The van der Waals surface area contributed by atoms with Gasteiger partial charge in [0.2, 0.25) is 0 Å². The molecule has 0 unspecified atom stereocenters. The van der Waals surface area contributed by atoms with E-state index in [0.717, 1.165) is 5.75 Å². The quantitative estimate of drug-likeness (QED) is 0.771. The maximum absolute atomic E-state index is 9.03. The first-order valence-electron chi connectivity index (χ1n) is 4.47. The third kappa shape index (κ3) is 3.47. The molecule has 0 saturated carbocycles. The molecule has 0 saturated heterocycles. The Morgan fingerprint density at radius 3 is 2.23 bits per heavy atom. The van der Waals surface area contributed by atoms with Crippen LogP contribution in [0.25, 0.3) is 0 Å². The topological polar surface area (TPSA) is 29.5 Å². The summed E-state index contributed by atoms with van der Waals surface area (Å²) in [6.45, 7) is 6.12. The van der Waals surface area contributed by atoms with Crippen molar-refractivity contribution in [1.82, 2.24) is 0 Å². The van der Waals surface area contributed by atoms with Gasteiger partial charge in [0.05, 0.1) is 6.10 Å². The van der Waals surface area contributed by atoms with Crippen molar-refractivity contribution in [2.75, 3.05) is 6.61 Å². The number of hydrogen-bond acceptors (Lipinski definition) is 2. The third-order valence-corrected chi connectivity index (χ3v) is 1.69. The second kappa shape index (κ2) is 4.28. The minimum absolute atomic E-state index is 0.350. The average molecular weight is 180 g/mol. The van der Waals surface area contributed by atoms with E-state index in [2.05, 4.69) is 6.07 Å². The summed E-state index contributed by atoms with van der Waals surface area (Å²) < 4.78 is 5.38. The molecule has 0 heterocycles. The van der Waals surface area contributed by atoms with Gasteiger partial charge in [0, 0.05) is 0 Å². The van der Waals surface area contributed by atoms with Gasteiger partial charge < -0.3 is 9.84 Å². The fourth-order valence-corrected chi connectivity index (χ4v) is 1.23. The molecular formula is C11H16O2. The number of hydrogen-bond donors (Lipinski definition) is 1. The Morgan fingerprint density at radius 2 is 1.77 bits per heavy atom. The fourth-order valence-electron chi connectivity index (χ4n) is 1.23. The first-order chi connectivity index (χ1) is 6.08. The van der Waals surface area contributed by atoms with Crippen molar-refractivity contribution in [2.24, 2.45) is 0 Å². The number of aliphatic hydroxyl groups is 1. The van der Waals surface area contributed by atoms with E-state index in [1.807, 2.05) is 26.0 Å². The van der Waals surface area contributed by atoms with Gasteiger partial charge in [0.15, 0.2) is 0 Å². The van der Waals surface area contributed by atoms with Gasteiger partial charge in [-0.05, 0) is 44.0 Å². The van der Waals surface area contributed by atoms with E-state index in [-0.39, 0.29) is 0 Å². The Balaban J connectivity index is 2.66. The highest BCUT2D eigenvalue weighted by Gasteiger charge is 1.99. The first kappa shape index (κ1) is 10.1. The summed E-state index contributed by atoms with van der Waals surface area (Å²) in [5.41, 5.74) is 2.36. The summed E-state index contributed by atoms with van der Waals surface area (Å²) in [7, 11) is 0. The molecule has 72 valence electrons. The lowest BCUT2D eigenvalue weighted by molar-refractivity contribution is 0.122. The third-order valence-electron chi connectivity index (χ3n) is 1.69. The summed E-state index contributed by atoms with van der Waals surface area (Å²) in [5, 5.41) is 9.03. The predicted octanol–water partition coefficient (Wildman–Crippen LogP) is 2.06. The van der Waals surface area contributed by atoms with Gasteiger partial charge in [0.25, 0.3) is 0 Å². The molecule has 1 atom stereocenters. The van der Waals surface area contributed by atoms with E-state index in [9.17, 15) is 0 Å². The molecule has 0 aliphatic carbocycles. The molecule has 0 spiro atoms. The zero-order chi connectivity index (χ0) is 9.84. The highest BCUT2D eigenvalue weighted by atomic mass is 16.5. The molecule has 0 fully saturated rings. The normalized spacial score (nSPS) is 12.6. The van der Waals surface area contributed by atoms with Gasteiger partial charge in [-0.1, -0.05) is 6.07 Å². The Bertz CT molecular complexity index is 259. The maximum Gasteiger partial charge on any atom is 0.119 e. The Morgan fingerprint density at radius 1 is 1.23 bits per heavy atom. The van der Waals surface area contributed by atoms with Gasteiger partial charge in [-0.2, -0.15) is 0 Å². The van der Waals surface area contributed by atoms with Crippen LogP contribution in [-0.4, -0.2) is 17.8 Å². The zero-order valence-corrected chi connectivity index (χ0v) is 8.37. The standard InChI is InChI=1S/C11H16O2/c1-8-4-9(2)6-11(5-8)13-7-10(3)12/h4-6,10,12H,7H2,1-3H3/t10-/m1/s1. The highest BCUT2D eigenvalue weighted by molar-refractivity contribution is 5.32. The molecule has 0 aliphatic rings. The molecule has 2 nitrogen and oxygen atoms in total. The Kier molecular flexibility index (Phi) is 3.32. The van der Waals surface area contributed by atoms with Gasteiger partial charge in [0.1, 0.15) is 12.4 Å². The lowest BCUT2D eigenvalue weighted by Crippen LogP contribution is -2.12. The van der Waals surface area contributed by atoms with E-state index in [4.69, 9.17) is 9.84 Å². The van der Waals surface area contributed by atoms with E-state index < -0.39 is 6.10 Å². The van der Waals surface area contributed by atoms with Crippen LogP contribution in [0.3, 0.4) is 0 Å². The smallest absolute Gasteiger partial charge is 0.119 e. The summed E-state index contributed by atoms with van der Waals surface area (Å²) in [6.07, 6.45) is -0.416. The van der Waals surface area contributed by atoms with Crippen molar-refractivity contribution in [3.63, 3.8) is 0 Å². The predicted molar refractivity (Wildman–Crippen MR) is 53.1 cm³/mol. The molecule has 1 aromatic rings. The van der Waals surface area contributed by atoms with E-state index in [0.29, 0.717) is 6.61 Å². The molecular weight excluding hydrogens is 164 g/mol. The van der Waals surface area contributed by atoms with Crippen LogP contribution in [0.5, 0.6) is 5.75 Å². The summed E-state index contributed by atoms with van der Waals surface area (Å²) in [4.78, 5) is 0. The largest absolute Gasteiger partial charge is 0.491 e. The van der Waals surface area contributed by atoms with Crippen LogP contribution in [0, 0.1) is 13.8 Å². The average Bonchev–Trinajstić information content (AvgIpc) is 1.99. The lowest BCUT2D eigenvalue weighted by Gasteiger charge is -2.09. The van der Waals surface area contributed by atoms with Crippen molar-refractivity contribution in [2.45, 2.75) is 26.9 Å². The zero-order valence-electron chi connectivity index (χ0n) is 8.37. The molecule has 1 rings (SSSR count). The SMILES string of the molecule is Cc1cc(C)cc(OC[C@@H](C)O)c1. The molecule has 2 heteroatoms. The van der Waals surface area contributed by atoms with Gasteiger partial charge in [-0.3, -0.25) is 0 Å². The van der Waals surface area contributed by atoms with Crippen molar-refractivity contribution in [3.8, 4) is 5.75 Å². The van der Waals surface area contributed by atoms with Crippen LogP contribution in [0.2, 0.25) is 0 Å². The molecule has 1 N–H and O–H groups in total. The Labute approximate surface area is 79.2 Å². The number of aryl methyl sites for hydroxylation is 2. The Hall–Kier alpha value is -1.02. The van der Waals surface area contributed by atoms with Crippen LogP contribution in [0.1, 0.15) is 18.1 Å². The van der Waals surface area contributed by atoms with Gasteiger partial charge >= 0.3 is 0 Å². The number of aliphatic hydroxyl groups excluding tert-OH is 1. The molecule has 0 bridgehead atoms. The van der Waals surface area contributed by atoms with E-state index in [1.54, 1.807) is 6.92 Å². The first-order valence-corrected chi connectivity index (χ1v) is 4.47. The van der Waals surface area contributed by atoms with Crippen molar-refractivity contribution >= 4 is 0 Å². The molecule has 13 heavy (non-hydrogen) atoms. The number of benzene rings is 1. The van der Waals surface area contributed by atoms with E-state index in [1.165, 1.54) is 11.1 Å². The number of rotatable bonds is 3. The molecule has 1 aromatic carbocycles. The second-order valence-electron chi connectivity index (χ2n) is 3.48. The van der Waals surface area contributed by atoms with Crippen LogP contribution in [0.4, 0.5) is 0 Å². The summed E-state index contributed by atoms with van der Waals surface area (Å²) >= 11 is 0. The summed E-state index contributed by atoms with van der Waals surface area (Å²) in [5.74, 6) is 0.832. The molecule has 0 amide bonds. The minimum atomic E-state index is -0.416. The van der Waals surface area contributed by atoms with Crippen LogP contribution in [0.15, 0.2) is 18.2 Å². The van der Waals surface area contributed by atoms with Crippen molar-refractivity contribution in [3.05, 3.63) is 29.3 Å². The van der Waals surface area contributed by atoms with Crippen LogP contribution in [-0.2, 0) is 0 Å². The van der Waals surface area contributed by atoms with Crippen LogP contribution >= 0.6 is 0 Å². The van der Waals surface area contributed by atoms with Crippen LogP contribution < -0.4 is 4.74 Å². The van der Waals surface area contributed by atoms with Crippen molar-refractivity contribution < 1.29 is 9.84 Å². The van der Waals surface area contributed by atoms with E-state index >= 15 is 0 Å². The maximum atomic E-state index is 9.03. The molecule has 0 radical (unpaired) electrons.